The molecule has 0 bridgehead atoms. The van der Waals surface area contributed by atoms with Crippen molar-refractivity contribution in [2.45, 2.75) is 12.1 Å². The van der Waals surface area contributed by atoms with Crippen LogP contribution in [0.15, 0.2) is 24.3 Å². The lowest BCUT2D eigenvalue weighted by Crippen LogP contribution is -2.44. The van der Waals surface area contributed by atoms with Gasteiger partial charge in [-0.05, 0) is 24.3 Å². The van der Waals surface area contributed by atoms with E-state index in [1.165, 1.54) is 0 Å². The molecule has 1 saturated heterocycles. The maximum atomic E-state index is 11.6. The zero-order chi connectivity index (χ0) is 12.3. The molecule has 7 heteroatoms. The van der Waals surface area contributed by atoms with Gasteiger partial charge in [-0.2, -0.15) is 0 Å². The van der Waals surface area contributed by atoms with Gasteiger partial charge in [0.2, 0.25) is 0 Å². The molecule has 0 unspecified atom stereocenters. The second kappa shape index (κ2) is 6.80. The molecular formula is C11H15Cl2N3O2. The average Bonchev–Trinajstić information content (AvgIpc) is 2.68. The molecule has 1 aliphatic heterocycles. The van der Waals surface area contributed by atoms with Crippen LogP contribution in [0.2, 0.25) is 5.02 Å². The van der Waals surface area contributed by atoms with E-state index in [0.717, 1.165) is 0 Å². The Morgan fingerprint density at radius 2 is 2.00 bits per heavy atom. The number of rotatable bonds is 2. The maximum Gasteiger partial charge on any atom is 0.319 e. The van der Waals surface area contributed by atoms with Crippen molar-refractivity contribution in [3.05, 3.63) is 29.3 Å². The van der Waals surface area contributed by atoms with E-state index >= 15 is 0 Å². The zero-order valence-electron chi connectivity index (χ0n) is 9.52. The molecule has 2 rings (SSSR count). The lowest BCUT2D eigenvalue weighted by atomic mass is 10.2. The van der Waals surface area contributed by atoms with Gasteiger partial charge in [-0.1, -0.05) is 11.6 Å². The van der Waals surface area contributed by atoms with Crippen LogP contribution in [0.1, 0.15) is 0 Å². The van der Waals surface area contributed by atoms with Crippen molar-refractivity contribution >= 4 is 35.7 Å². The summed E-state index contributed by atoms with van der Waals surface area (Å²) < 4.78 is 0. The number of aliphatic hydroxyl groups is 1. The molecule has 1 fully saturated rings. The van der Waals surface area contributed by atoms with E-state index in [4.69, 9.17) is 11.6 Å². The number of nitrogens with one attached hydrogen (secondary N) is 3. The molecule has 5 nitrogen and oxygen atoms in total. The fourth-order valence-electron chi connectivity index (χ4n) is 1.68. The third-order valence-electron chi connectivity index (χ3n) is 2.60. The number of benzene rings is 1. The topological polar surface area (TPSA) is 73.4 Å². The van der Waals surface area contributed by atoms with Gasteiger partial charge in [0.1, 0.15) is 0 Å². The van der Waals surface area contributed by atoms with E-state index in [9.17, 15) is 9.90 Å². The molecule has 1 aromatic carbocycles. The first-order chi connectivity index (χ1) is 8.15. The van der Waals surface area contributed by atoms with Crippen LogP contribution in [0.25, 0.3) is 0 Å². The van der Waals surface area contributed by atoms with Gasteiger partial charge in [0, 0.05) is 23.8 Å². The van der Waals surface area contributed by atoms with E-state index in [1.54, 1.807) is 24.3 Å². The molecule has 0 radical (unpaired) electrons. The highest BCUT2D eigenvalue weighted by Gasteiger charge is 2.26. The highest BCUT2D eigenvalue weighted by molar-refractivity contribution is 6.30. The minimum absolute atomic E-state index is 0. The number of carbonyl (C=O) groups excluding carboxylic acids is 1. The molecular weight excluding hydrogens is 277 g/mol. The SMILES string of the molecule is Cl.O=C(Nc1ccc(Cl)cc1)N[C@@H]1CNC[C@H]1O. The molecule has 18 heavy (non-hydrogen) atoms. The second-order valence-electron chi connectivity index (χ2n) is 3.94. The lowest BCUT2D eigenvalue weighted by Gasteiger charge is -2.15. The monoisotopic (exact) mass is 291 g/mol. The molecule has 1 aliphatic rings. The van der Waals surface area contributed by atoms with Gasteiger partial charge in [0.05, 0.1) is 12.1 Å². The third kappa shape index (κ3) is 4.03. The molecule has 0 aromatic heterocycles. The minimum Gasteiger partial charge on any atom is -0.390 e. The van der Waals surface area contributed by atoms with Gasteiger partial charge in [-0.25, -0.2) is 4.79 Å². The summed E-state index contributed by atoms with van der Waals surface area (Å²) in [4.78, 5) is 11.6. The molecule has 1 heterocycles. The number of amides is 2. The Morgan fingerprint density at radius 3 is 2.56 bits per heavy atom. The van der Waals surface area contributed by atoms with Crippen LogP contribution < -0.4 is 16.0 Å². The molecule has 0 aliphatic carbocycles. The van der Waals surface area contributed by atoms with Crippen molar-refractivity contribution in [2.75, 3.05) is 18.4 Å². The van der Waals surface area contributed by atoms with Crippen molar-refractivity contribution in [1.29, 1.82) is 0 Å². The van der Waals surface area contributed by atoms with Crippen LogP contribution >= 0.6 is 24.0 Å². The quantitative estimate of drug-likeness (QED) is 0.662. The highest BCUT2D eigenvalue weighted by atomic mass is 35.5. The second-order valence-corrected chi connectivity index (χ2v) is 4.37. The van der Waals surface area contributed by atoms with Crippen molar-refractivity contribution in [2.24, 2.45) is 0 Å². The molecule has 2 amide bonds. The number of hydrogen-bond donors (Lipinski definition) is 4. The first-order valence-corrected chi connectivity index (χ1v) is 5.75. The van der Waals surface area contributed by atoms with Gasteiger partial charge >= 0.3 is 6.03 Å². The standard InChI is InChI=1S/C11H14ClN3O2.ClH/c12-7-1-3-8(4-2-7)14-11(17)15-9-5-13-6-10(9)16;/h1-4,9-10,13,16H,5-6H2,(H2,14,15,17);1H/t9-,10-;/m1./s1. The largest absolute Gasteiger partial charge is 0.390 e. The van der Waals surface area contributed by atoms with E-state index in [0.29, 0.717) is 23.8 Å². The Labute approximate surface area is 116 Å². The van der Waals surface area contributed by atoms with E-state index in [-0.39, 0.29) is 24.5 Å². The predicted octanol–water partition coefficient (Wildman–Crippen LogP) is 1.22. The molecule has 100 valence electrons. The van der Waals surface area contributed by atoms with Crippen molar-refractivity contribution in [1.82, 2.24) is 10.6 Å². The molecule has 1 aromatic rings. The van der Waals surface area contributed by atoms with Gasteiger partial charge in [0.25, 0.3) is 0 Å². The van der Waals surface area contributed by atoms with Gasteiger partial charge in [0.15, 0.2) is 0 Å². The summed E-state index contributed by atoms with van der Waals surface area (Å²) in [5.74, 6) is 0. The highest BCUT2D eigenvalue weighted by Crippen LogP contribution is 2.13. The summed E-state index contributed by atoms with van der Waals surface area (Å²) in [6.07, 6.45) is -0.536. The van der Waals surface area contributed by atoms with Crippen molar-refractivity contribution in [3.63, 3.8) is 0 Å². The van der Waals surface area contributed by atoms with Crippen LogP contribution in [0.3, 0.4) is 0 Å². The Hall–Kier alpha value is -1.01. The van der Waals surface area contributed by atoms with Crippen molar-refractivity contribution < 1.29 is 9.90 Å². The van der Waals surface area contributed by atoms with E-state index in [1.807, 2.05) is 0 Å². The van der Waals surface area contributed by atoms with E-state index < -0.39 is 6.10 Å². The normalized spacial score (nSPS) is 22.1. The fourth-order valence-corrected chi connectivity index (χ4v) is 1.81. The first-order valence-electron chi connectivity index (χ1n) is 5.37. The Morgan fingerprint density at radius 1 is 1.33 bits per heavy atom. The molecule has 0 saturated carbocycles. The van der Waals surface area contributed by atoms with Gasteiger partial charge < -0.3 is 21.1 Å². The number of hydrogen-bond acceptors (Lipinski definition) is 3. The smallest absolute Gasteiger partial charge is 0.319 e. The summed E-state index contributed by atoms with van der Waals surface area (Å²) in [7, 11) is 0. The van der Waals surface area contributed by atoms with Crippen LogP contribution in [0.4, 0.5) is 10.5 Å². The number of anilines is 1. The number of β-amino-alcohol motifs (C(OH)–C–C–N with tert-alkyl or cyclic N) is 1. The molecule has 4 N–H and O–H groups in total. The lowest BCUT2D eigenvalue weighted by molar-refractivity contribution is 0.164. The molecule has 0 spiro atoms. The van der Waals surface area contributed by atoms with Crippen LogP contribution in [-0.2, 0) is 0 Å². The number of halogens is 2. The van der Waals surface area contributed by atoms with Gasteiger partial charge in [-0.15, -0.1) is 12.4 Å². The van der Waals surface area contributed by atoms with Gasteiger partial charge in [-0.3, -0.25) is 0 Å². The minimum atomic E-state index is -0.536. The maximum absolute atomic E-state index is 11.6. The van der Waals surface area contributed by atoms with Crippen LogP contribution in [0.5, 0.6) is 0 Å². The van der Waals surface area contributed by atoms with E-state index in [2.05, 4.69) is 16.0 Å². The van der Waals surface area contributed by atoms with Crippen molar-refractivity contribution in [3.8, 4) is 0 Å². The fraction of sp³-hybridized carbons (Fsp3) is 0.364. The van der Waals surface area contributed by atoms with Crippen LogP contribution in [-0.4, -0.2) is 36.4 Å². The zero-order valence-corrected chi connectivity index (χ0v) is 11.1. The number of urea groups is 1. The summed E-state index contributed by atoms with van der Waals surface area (Å²) in [6.45, 7) is 1.08. The number of aliphatic hydroxyl groups excluding tert-OH is 1. The first kappa shape index (κ1) is 15.0. The predicted molar refractivity (Wildman–Crippen MR) is 73.5 cm³/mol. The van der Waals surface area contributed by atoms with Crippen LogP contribution in [0, 0.1) is 0 Å². The third-order valence-corrected chi connectivity index (χ3v) is 2.85. The summed E-state index contributed by atoms with van der Waals surface area (Å²) in [5.41, 5.74) is 0.660. The summed E-state index contributed by atoms with van der Waals surface area (Å²) in [5, 5.41) is 18.5. The Kier molecular flexibility index (Phi) is 5.68. The Bertz CT molecular complexity index is 400. The molecule has 2 atom stereocenters. The summed E-state index contributed by atoms with van der Waals surface area (Å²) >= 11 is 5.74. The number of carbonyl (C=O) groups is 1. The average molecular weight is 292 g/mol. The Balaban J connectivity index is 0.00000162. The summed E-state index contributed by atoms with van der Waals surface area (Å²) in [6, 6.07) is 6.24.